The maximum atomic E-state index is 14.6. The van der Waals surface area contributed by atoms with E-state index in [1.165, 1.54) is 11.8 Å². The third-order valence-electron chi connectivity index (χ3n) is 8.47. The van der Waals surface area contributed by atoms with Gasteiger partial charge in [-0.25, -0.2) is 0 Å². The Labute approximate surface area is 230 Å². The zero-order valence-corrected chi connectivity index (χ0v) is 23.7. The van der Waals surface area contributed by atoms with Crippen LogP contribution >= 0.6 is 11.8 Å². The van der Waals surface area contributed by atoms with Crippen molar-refractivity contribution in [3.8, 4) is 0 Å². The summed E-state index contributed by atoms with van der Waals surface area (Å²) in [6, 6.07) is 6.43. The van der Waals surface area contributed by atoms with E-state index in [0.717, 1.165) is 18.8 Å². The predicted octanol–water partition coefficient (Wildman–Crippen LogP) is 3.63. The fourth-order valence-corrected chi connectivity index (χ4v) is 9.09. The molecule has 1 aromatic rings. The number of carbonyl (C=O) groups is 3. The van der Waals surface area contributed by atoms with Gasteiger partial charge in [0.25, 0.3) is 5.91 Å². The molecule has 9 heteroatoms. The average molecular weight is 544 g/mol. The van der Waals surface area contributed by atoms with Gasteiger partial charge >= 0.3 is 5.97 Å². The number of benzene rings is 1. The Morgan fingerprint density at radius 2 is 1.84 bits per heavy atom. The molecule has 4 rings (SSSR count). The summed E-state index contributed by atoms with van der Waals surface area (Å²) >= 11 is 1.51. The molecule has 3 fully saturated rings. The number of amides is 2. The fourth-order valence-electron chi connectivity index (χ4n) is 6.90. The summed E-state index contributed by atoms with van der Waals surface area (Å²) in [6.07, 6.45) is 3.47. The van der Waals surface area contributed by atoms with E-state index < -0.39 is 34.6 Å². The quantitative estimate of drug-likeness (QED) is 0.388. The van der Waals surface area contributed by atoms with E-state index in [9.17, 15) is 24.6 Å². The highest BCUT2D eigenvalue weighted by Gasteiger charge is 2.74. The summed E-state index contributed by atoms with van der Waals surface area (Å²) in [5.74, 6) is -2.92. The number of thioether (sulfide) groups is 1. The van der Waals surface area contributed by atoms with Crippen LogP contribution in [-0.4, -0.2) is 81.2 Å². The Morgan fingerprint density at radius 1 is 1.21 bits per heavy atom. The first-order valence-corrected chi connectivity index (χ1v) is 14.6. The van der Waals surface area contributed by atoms with Crippen LogP contribution in [0, 0.1) is 17.8 Å². The monoisotopic (exact) mass is 543 g/mol. The van der Waals surface area contributed by atoms with Crippen molar-refractivity contribution in [1.82, 2.24) is 4.90 Å². The average Bonchev–Trinajstić information content (AvgIpc) is 3.54. The largest absolute Gasteiger partial charge is 0.481 e. The number of aliphatic hydroxyl groups is 1. The predicted molar refractivity (Wildman–Crippen MR) is 151 cm³/mol. The molecule has 6 atom stereocenters. The second-order valence-electron chi connectivity index (χ2n) is 11.0. The second-order valence-corrected chi connectivity index (χ2v) is 12.6. The molecule has 2 bridgehead atoms. The van der Waals surface area contributed by atoms with Crippen molar-refractivity contribution in [3.63, 3.8) is 0 Å². The van der Waals surface area contributed by atoms with E-state index in [-0.39, 0.29) is 36.1 Å². The highest BCUT2D eigenvalue weighted by atomic mass is 32.2. The molecular weight excluding hydrogens is 502 g/mol. The standard InChI is InChI=1S/C29H41N3O5S/c1-6-15-31(20-11-9-19(10-12-20)30(7-2)8-3)27(35)25-29-14-13-22(38-29)23(28(36)37)24(29)26(34)32(25)21(17-33)16-18(4)5/h6,9-12,18,21-25,33H,1,7-8,13-17H2,2-5H3,(H,36,37)/t21-,22-,23+,24+,25?,29?/m1/s1. The van der Waals surface area contributed by atoms with Crippen LogP contribution in [0.15, 0.2) is 36.9 Å². The topological polar surface area (TPSA) is 101 Å². The number of rotatable bonds is 12. The van der Waals surface area contributed by atoms with Crippen LogP contribution in [-0.2, 0) is 14.4 Å². The third-order valence-corrected chi connectivity index (χ3v) is 10.4. The normalized spacial score (nSPS) is 28.5. The Morgan fingerprint density at radius 3 is 2.37 bits per heavy atom. The molecule has 208 valence electrons. The summed E-state index contributed by atoms with van der Waals surface area (Å²) in [5, 5.41) is 20.3. The fraction of sp³-hybridized carbons (Fsp3) is 0.621. The SMILES string of the molecule is C=CCN(C(=O)C1N([C@@H](CO)CC(C)C)C(=O)[C@@H]2[C@@H](C(=O)O)[C@H]3CCC12S3)c1ccc(N(CC)CC)cc1. The molecule has 2 unspecified atom stereocenters. The number of nitrogens with zero attached hydrogens (tertiary/aromatic N) is 3. The first kappa shape index (κ1) is 28.5. The summed E-state index contributed by atoms with van der Waals surface area (Å²) in [7, 11) is 0. The first-order chi connectivity index (χ1) is 18.1. The van der Waals surface area contributed by atoms with Crippen molar-refractivity contribution in [2.45, 2.75) is 69.0 Å². The number of hydrogen-bond acceptors (Lipinski definition) is 6. The molecular formula is C29H41N3O5S. The molecule has 8 nitrogen and oxygen atoms in total. The van der Waals surface area contributed by atoms with Crippen LogP contribution in [0.2, 0.25) is 0 Å². The van der Waals surface area contributed by atoms with Crippen LogP contribution in [0.4, 0.5) is 11.4 Å². The molecule has 1 aromatic carbocycles. The minimum atomic E-state index is -0.977. The van der Waals surface area contributed by atoms with E-state index in [1.54, 1.807) is 15.9 Å². The van der Waals surface area contributed by atoms with Crippen molar-refractivity contribution < 1.29 is 24.6 Å². The van der Waals surface area contributed by atoms with Gasteiger partial charge in [0, 0.05) is 36.3 Å². The van der Waals surface area contributed by atoms with E-state index in [1.807, 2.05) is 38.1 Å². The van der Waals surface area contributed by atoms with Crippen molar-refractivity contribution in [2.75, 3.05) is 36.0 Å². The molecule has 38 heavy (non-hydrogen) atoms. The van der Waals surface area contributed by atoms with Gasteiger partial charge < -0.3 is 24.9 Å². The van der Waals surface area contributed by atoms with Crippen LogP contribution in [0.1, 0.15) is 47.0 Å². The van der Waals surface area contributed by atoms with E-state index >= 15 is 0 Å². The minimum absolute atomic E-state index is 0.183. The number of carboxylic acids is 1. The lowest BCUT2D eigenvalue weighted by molar-refractivity contribution is -0.149. The second kappa shape index (κ2) is 11.3. The number of likely N-dealkylation sites (tertiary alicyclic amines) is 1. The number of carboxylic acid groups (broad SMARTS) is 1. The van der Waals surface area contributed by atoms with Gasteiger partial charge in [-0.1, -0.05) is 19.9 Å². The van der Waals surface area contributed by atoms with Gasteiger partial charge in [-0.2, -0.15) is 0 Å². The van der Waals surface area contributed by atoms with Crippen LogP contribution in [0.5, 0.6) is 0 Å². The van der Waals surface area contributed by atoms with Crippen molar-refractivity contribution >= 4 is 40.9 Å². The molecule has 2 N–H and O–H groups in total. The Balaban J connectivity index is 1.78. The lowest BCUT2D eigenvalue weighted by Crippen LogP contribution is -2.57. The molecule has 3 saturated heterocycles. The van der Waals surface area contributed by atoms with Gasteiger partial charge in [0.15, 0.2) is 0 Å². The van der Waals surface area contributed by atoms with Crippen molar-refractivity contribution in [3.05, 3.63) is 36.9 Å². The molecule has 0 radical (unpaired) electrons. The molecule has 0 aliphatic carbocycles. The maximum absolute atomic E-state index is 14.6. The van der Waals surface area contributed by atoms with E-state index in [0.29, 0.717) is 24.9 Å². The molecule has 0 aromatic heterocycles. The van der Waals surface area contributed by atoms with Gasteiger partial charge in [-0.05, 0) is 63.3 Å². The number of anilines is 2. The van der Waals surface area contributed by atoms with E-state index in [4.69, 9.17) is 0 Å². The molecule has 3 heterocycles. The maximum Gasteiger partial charge on any atom is 0.308 e. The Hall–Kier alpha value is -2.52. The highest BCUT2D eigenvalue weighted by molar-refractivity contribution is 8.02. The Kier molecular flexibility index (Phi) is 8.47. The number of carbonyl (C=O) groups excluding carboxylic acids is 2. The number of aliphatic hydroxyl groups excluding tert-OH is 1. The number of hydrogen-bond donors (Lipinski definition) is 2. The molecule has 2 amide bonds. The number of fused-ring (bicyclic) bond motifs is 1. The summed E-state index contributed by atoms with van der Waals surface area (Å²) in [4.78, 5) is 46.4. The Bertz CT molecular complexity index is 1060. The van der Waals surface area contributed by atoms with Crippen LogP contribution < -0.4 is 9.80 Å². The lowest BCUT2D eigenvalue weighted by atomic mass is 9.71. The zero-order chi connectivity index (χ0) is 27.8. The molecule has 3 aliphatic rings. The molecule has 1 spiro atoms. The van der Waals surface area contributed by atoms with Gasteiger partial charge in [-0.15, -0.1) is 18.3 Å². The van der Waals surface area contributed by atoms with E-state index in [2.05, 4.69) is 25.3 Å². The van der Waals surface area contributed by atoms with Crippen LogP contribution in [0.25, 0.3) is 0 Å². The summed E-state index contributed by atoms with van der Waals surface area (Å²) < 4.78 is -0.813. The molecule has 3 aliphatic heterocycles. The first-order valence-electron chi connectivity index (χ1n) is 13.8. The van der Waals surface area contributed by atoms with Crippen molar-refractivity contribution in [1.29, 1.82) is 0 Å². The van der Waals surface area contributed by atoms with Gasteiger partial charge in [0.2, 0.25) is 5.91 Å². The van der Waals surface area contributed by atoms with Gasteiger partial charge in [0.05, 0.1) is 29.2 Å². The highest BCUT2D eigenvalue weighted by Crippen LogP contribution is 2.66. The summed E-state index contributed by atoms with van der Waals surface area (Å²) in [6.45, 7) is 13.8. The smallest absolute Gasteiger partial charge is 0.308 e. The van der Waals surface area contributed by atoms with Gasteiger partial charge in [0.1, 0.15) is 6.04 Å². The van der Waals surface area contributed by atoms with Gasteiger partial charge in [-0.3, -0.25) is 14.4 Å². The number of aliphatic carboxylic acids is 1. The summed E-state index contributed by atoms with van der Waals surface area (Å²) in [5.41, 5.74) is 1.77. The molecule has 0 saturated carbocycles. The van der Waals surface area contributed by atoms with Crippen LogP contribution in [0.3, 0.4) is 0 Å². The van der Waals surface area contributed by atoms with Crippen molar-refractivity contribution in [2.24, 2.45) is 17.8 Å². The third kappa shape index (κ3) is 4.62. The lowest BCUT2D eigenvalue weighted by Gasteiger charge is -2.40. The minimum Gasteiger partial charge on any atom is -0.481 e. The zero-order valence-electron chi connectivity index (χ0n) is 22.9.